The Balaban J connectivity index is 1.79. The van der Waals surface area contributed by atoms with E-state index in [2.05, 4.69) is 10.8 Å². The zero-order valence-electron chi connectivity index (χ0n) is 14.4. The number of sulfonamides is 1. The van der Waals surface area contributed by atoms with E-state index in [1.165, 1.54) is 28.2 Å². The molecular weight excluding hydrogens is 336 g/mol. The fourth-order valence-electron chi connectivity index (χ4n) is 3.14. The minimum atomic E-state index is -3.66. The third-order valence-electron chi connectivity index (χ3n) is 4.47. The Bertz CT molecular complexity index is 891. The average Bonchev–Trinajstić information content (AvgIpc) is 2.60. The lowest BCUT2D eigenvalue weighted by molar-refractivity contribution is 0.0827. The summed E-state index contributed by atoms with van der Waals surface area (Å²) in [6, 6.07) is 14.2. The van der Waals surface area contributed by atoms with Gasteiger partial charge < -0.3 is 4.90 Å². The number of benzene rings is 2. The van der Waals surface area contributed by atoms with Crippen molar-refractivity contribution in [2.45, 2.75) is 30.2 Å². The number of amides is 1. The van der Waals surface area contributed by atoms with Crippen molar-refractivity contribution in [2.24, 2.45) is 0 Å². The topological polar surface area (TPSA) is 66.5 Å². The van der Waals surface area contributed by atoms with E-state index in [4.69, 9.17) is 0 Å². The molecule has 2 aromatic carbocycles. The van der Waals surface area contributed by atoms with Crippen molar-refractivity contribution in [3.05, 3.63) is 65.2 Å². The van der Waals surface area contributed by atoms with Crippen LogP contribution in [0.5, 0.6) is 0 Å². The van der Waals surface area contributed by atoms with Gasteiger partial charge in [-0.1, -0.05) is 30.3 Å². The average molecular weight is 358 g/mol. The van der Waals surface area contributed by atoms with Gasteiger partial charge in [-0.3, -0.25) is 4.79 Å². The van der Waals surface area contributed by atoms with Crippen LogP contribution in [0.3, 0.4) is 0 Å². The highest BCUT2D eigenvalue weighted by Gasteiger charge is 2.24. The molecule has 3 rings (SSSR count). The van der Waals surface area contributed by atoms with Crippen molar-refractivity contribution >= 4 is 15.9 Å². The van der Waals surface area contributed by atoms with Gasteiger partial charge in [0.15, 0.2) is 0 Å². The molecule has 0 heterocycles. The number of carbonyl (C=O) groups is 1. The van der Waals surface area contributed by atoms with Crippen molar-refractivity contribution in [3.8, 4) is 0 Å². The number of rotatable bonds is 4. The predicted molar refractivity (Wildman–Crippen MR) is 97.0 cm³/mol. The van der Waals surface area contributed by atoms with Crippen LogP contribution in [0.2, 0.25) is 0 Å². The summed E-state index contributed by atoms with van der Waals surface area (Å²) in [4.78, 5) is 13.6. The van der Waals surface area contributed by atoms with Gasteiger partial charge in [-0.05, 0) is 48.6 Å². The van der Waals surface area contributed by atoms with Crippen LogP contribution in [0.15, 0.2) is 53.4 Å². The van der Waals surface area contributed by atoms with Crippen LogP contribution in [-0.4, -0.2) is 39.4 Å². The van der Waals surface area contributed by atoms with E-state index >= 15 is 0 Å². The summed E-state index contributed by atoms with van der Waals surface area (Å²) < 4.78 is 28.2. The number of fused-ring (bicyclic) bond motifs is 1. The highest BCUT2D eigenvalue weighted by atomic mass is 32.2. The molecule has 25 heavy (non-hydrogen) atoms. The number of nitrogens with one attached hydrogen (secondary N) is 1. The lowest BCUT2D eigenvalue weighted by atomic mass is 9.89. The maximum atomic E-state index is 12.7. The van der Waals surface area contributed by atoms with Crippen LogP contribution in [0.1, 0.15) is 27.9 Å². The Morgan fingerprint density at radius 1 is 1.08 bits per heavy atom. The zero-order valence-corrected chi connectivity index (χ0v) is 15.2. The first-order chi connectivity index (χ1) is 11.9. The van der Waals surface area contributed by atoms with Crippen molar-refractivity contribution in [1.82, 2.24) is 9.62 Å². The van der Waals surface area contributed by atoms with Crippen LogP contribution in [0, 0.1) is 0 Å². The van der Waals surface area contributed by atoms with Crippen molar-refractivity contribution in [2.75, 3.05) is 14.1 Å². The number of aryl methyl sites for hydroxylation is 1. The lowest BCUT2D eigenvalue weighted by Crippen LogP contribution is -2.38. The van der Waals surface area contributed by atoms with E-state index in [-0.39, 0.29) is 16.8 Å². The van der Waals surface area contributed by atoms with Crippen LogP contribution >= 0.6 is 0 Å². The summed E-state index contributed by atoms with van der Waals surface area (Å²) in [7, 11) is -0.385. The van der Waals surface area contributed by atoms with Crippen molar-refractivity contribution in [1.29, 1.82) is 0 Å². The minimum Gasteiger partial charge on any atom is -0.345 e. The molecule has 0 aromatic heterocycles. The molecule has 1 aliphatic carbocycles. The maximum Gasteiger partial charge on any atom is 0.253 e. The van der Waals surface area contributed by atoms with Gasteiger partial charge >= 0.3 is 0 Å². The van der Waals surface area contributed by atoms with Gasteiger partial charge in [0.1, 0.15) is 0 Å². The number of hydrogen-bond acceptors (Lipinski definition) is 3. The summed E-state index contributed by atoms with van der Waals surface area (Å²) in [5, 5.41) is 0. The number of carbonyl (C=O) groups excluding carboxylic acids is 1. The van der Waals surface area contributed by atoms with E-state index in [1.54, 1.807) is 26.2 Å². The molecule has 1 amide bonds. The van der Waals surface area contributed by atoms with Crippen molar-refractivity contribution < 1.29 is 13.2 Å². The highest BCUT2D eigenvalue weighted by Crippen LogP contribution is 2.22. The number of hydrogen-bond donors (Lipinski definition) is 1. The highest BCUT2D eigenvalue weighted by molar-refractivity contribution is 7.89. The minimum absolute atomic E-state index is 0.124. The molecule has 0 fully saturated rings. The third-order valence-corrected chi connectivity index (χ3v) is 5.98. The van der Waals surface area contributed by atoms with Gasteiger partial charge in [0.05, 0.1) is 4.90 Å². The summed E-state index contributed by atoms with van der Waals surface area (Å²) in [5.74, 6) is -0.219. The Morgan fingerprint density at radius 2 is 1.80 bits per heavy atom. The van der Waals surface area contributed by atoms with E-state index in [0.717, 1.165) is 12.8 Å². The van der Waals surface area contributed by atoms with E-state index in [1.807, 2.05) is 18.2 Å². The maximum absolute atomic E-state index is 12.7. The van der Waals surface area contributed by atoms with E-state index in [0.29, 0.717) is 12.0 Å². The SMILES string of the molecule is CN(C)C(=O)c1cccc(S(=O)(=O)NC2CCc3ccccc3C2)c1. The van der Waals surface area contributed by atoms with Gasteiger partial charge in [0.2, 0.25) is 10.0 Å². The molecule has 1 N–H and O–H groups in total. The first-order valence-electron chi connectivity index (χ1n) is 8.27. The summed E-state index contributed by atoms with van der Waals surface area (Å²) in [6.07, 6.45) is 2.32. The first-order valence-corrected chi connectivity index (χ1v) is 9.76. The van der Waals surface area contributed by atoms with Gasteiger partial charge in [-0.2, -0.15) is 0 Å². The molecule has 1 unspecified atom stereocenters. The first kappa shape index (κ1) is 17.6. The summed E-state index contributed by atoms with van der Waals surface area (Å²) >= 11 is 0. The number of nitrogens with zero attached hydrogens (tertiary/aromatic N) is 1. The predicted octanol–water partition coefficient (Wildman–Crippen LogP) is 2.22. The van der Waals surface area contributed by atoms with Gasteiger partial charge in [-0.15, -0.1) is 0 Å². The fraction of sp³-hybridized carbons (Fsp3) is 0.316. The Hall–Kier alpha value is -2.18. The molecule has 132 valence electrons. The second-order valence-electron chi connectivity index (χ2n) is 6.56. The second-order valence-corrected chi connectivity index (χ2v) is 8.27. The monoisotopic (exact) mass is 358 g/mol. The summed E-state index contributed by atoms with van der Waals surface area (Å²) in [6.45, 7) is 0. The Labute approximate surface area is 148 Å². The van der Waals surface area contributed by atoms with E-state index < -0.39 is 10.0 Å². The fourth-order valence-corrected chi connectivity index (χ4v) is 4.46. The molecule has 0 saturated carbocycles. The van der Waals surface area contributed by atoms with Crippen molar-refractivity contribution in [3.63, 3.8) is 0 Å². The van der Waals surface area contributed by atoms with E-state index in [9.17, 15) is 13.2 Å². The normalized spacial score (nSPS) is 17.0. The molecule has 1 atom stereocenters. The lowest BCUT2D eigenvalue weighted by Gasteiger charge is -2.25. The Kier molecular flexibility index (Phi) is 4.92. The second kappa shape index (κ2) is 6.98. The van der Waals surface area contributed by atoms with Gasteiger partial charge in [0, 0.05) is 25.7 Å². The molecule has 0 saturated heterocycles. The van der Waals surface area contributed by atoms with Crippen LogP contribution < -0.4 is 4.72 Å². The largest absolute Gasteiger partial charge is 0.345 e. The van der Waals surface area contributed by atoms with Gasteiger partial charge in [-0.25, -0.2) is 13.1 Å². The third kappa shape index (κ3) is 3.91. The molecule has 0 bridgehead atoms. The van der Waals surface area contributed by atoms with Crippen LogP contribution in [0.25, 0.3) is 0 Å². The molecule has 0 aliphatic heterocycles. The molecular formula is C19H22N2O3S. The molecule has 2 aromatic rings. The van der Waals surface area contributed by atoms with Crippen LogP contribution in [-0.2, 0) is 22.9 Å². The molecule has 6 heteroatoms. The Morgan fingerprint density at radius 3 is 2.52 bits per heavy atom. The zero-order chi connectivity index (χ0) is 18.0. The standard InChI is InChI=1S/C19H22N2O3S/c1-21(2)19(22)16-8-5-9-18(13-16)25(23,24)20-17-11-10-14-6-3-4-7-15(14)12-17/h3-9,13,17,20H,10-12H2,1-2H3. The molecule has 0 spiro atoms. The quantitative estimate of drug-likeness (QED) is 0.911. The molecule has 0 radical (unpaired) electrons. The molecule has 1 aliphatic rings. The molecule has 5 nitrogen and oxygen atoms in total. The van der Waals surface area contributed by atoms with Crippen LogP contribution in [0.4, 0.5) is 0 Å². The summed E-state index contributed by atoms with van der Waals surface area (Å²) in [5.41, 5.74) is 2.84. The smallest absolute Gasteiger partial charge is 0.253 e. The van der Waals surface area contributed by atoms with Gasteiger partial charge in [0.25, 0.3) is 5.91 Å².